The van der Waals surface area contributed by atoms with E-state index in [1.165, 1.54) is 0 Å². The fourth-order valence-corrected chi connectivity index (χ4v) is 45.4. The summed E-state index contributed by atoms with van der Waals surface area (Å²) in [7, 11) is 9.86. The zero-order valence-corrected chi connectivity index (χ0v) is 10.4. The van der Waals surface area contributed by atoms with E-state index in [4.69, 9.17) is 0 Å². The van der Waals surface area contributed by atoms with Crippen LogP contribution < -0.4 is 0 Å². The van der Waals surface area contributed by atoms with Crippen molar-refractivity contribution in [1.29, 1.82) is 0 Å². The first-order valence-electron chi connectivity index (χ1n) is 1.17. The summed E-state index contributed by atoms with van der Waals surface area (Å²) in [6.45, 7) is 0. The molecule has 0 aliphatic rings. The van der Waals surface area contributed by atoms with Crippen molar-refractivity contribution in [2.45, 2.75) is 0 Å². The van der Waals surface area contributed by atoms with Crippen LogP contribution in [0.1, 0.15) is 0 Å². The Morgan fingerprint density at radius 1 is 0.714 bits per heavy atom. The molecule has 0 N–H and O–H groups in total. The molecule has 0 radical (unpaired) electrons. The zero-order valence-electron chi connectivity index (χ0n) is 2.86. The third kappa shape index (κ3) is 3.67. The first-order chi connectivity index (χ1) is 3.50. The molecule has 42 valence electrons. The molecule has 7 heavy (non-hydrogen) atoms. The average molecular weight is 318 g/mol. The van der Waals surface area contributed by atoms with Gasteiger partial charge >= 0.3 is 68.4 Å². The van der Waals surface area contributed by atoms with Gasteiger partial charge in [0.1, 0.15) is 0 Å². The van der Waals surface area contributed by atoms with E-state index in [2.05, 4.69) is 0 Å². The van der Waals surface area contributed by atoms with Gasteiger partial charge in [-0.15, -0.1) is 0 Å². The normalized spacial score (nSPS) is 8.00. The van der Waals surface area contributed by atoms with E-state index in [0.717, 1.165) is 23.0 Å². The maximum absolute atomic E-state index is 2.04. The standard InChI is InChI=1S/S5Se2/c1-2-4-6-7-5-3-1. The molecule has 1 aromatic rings. The fraction of sp³-hybridized carbons (Fsp3) is 0. The van der Waals surface area contributed by atoms with Crippen LogP contribution >= 0.6 is 45.5 Å². The fourth-order valence-electron chi connectivity index (χ4n) is 0.0794. The van der Waals surface area contributed by atoms with Crippen LogP contribution in [-0.4, -0.2) is 23.0 Å². The van der Waals surface area contributed by atoms with E-state index in [9.17, 15) is 0 Å². The second-order valence-electron chi connectivity index (χ2n) is 0.476. The molecule has 7 heteroatoms. The Kier molecular flexibility index (Phi) is 5.14. The molecule has 0 amide bonds. The molecule has 0 aliphatic carbocycles. The Labute approximate surface area is 67.3 Å². The first-order valence-corrected chi connectivity index (χ1v) is 15.7. The predicted molar refractivity (Wildman–Crippen MR) is 45.0 cm³/mol. The Balaban J connectivity index is 3.06. The first kappa shape index (κ1) is 7.25. The van der Waals surface area contributed by atoms with Crippen LogP contribution in [0.5, 0.6) is 0 Å². The second-order valence-corrected chi connectivity index (χ2v) is 22.9. The van der Waals surface area contributed by atoms with E-state index < -0.39 is 0 Å². The molecule has 0 saturated carbocycles. The predicted octanol–water partition coefficient (Wildman–Crippen LogP) is 2.36. The SMILES string of the molecule is s1ss[se][se]ss1. The van der Waals surface area contributed by atoms with Gasteiger partial charge in [0.2, 0.25) is 0 Å². The van der Waals surface area contributed by atoms with Gasteiger partial charge in [0, 0.05) is 0 Å². The summed E-state index contributed by atoms with van der Waals surface area (Å²) in [6, 6.07) is 0. The minimum absolute atomic E-state index is 0.902. The van der Waals surface area contributed by atoms with Gasteiger partial charge < -0.3 is 0 Å². The van der Waals surface area contributed by atoms with Gasteiger partial charge in [-0.05, 0) is 0 Å². The molecule has 1 aromatic heterocycles. The summed E-state index contributed by atoms with van der Waals surface area (Å²) in [5.74, 6) is 0. The molecule has 0 nitrogen and oxygen atoms in total. The summed E-state index contributed by atoms with van der Waals surface area (Å²) < 4.78 is 0. The van der Waals surface area contributed by atoms with Crippen molar-refractivity contribution < 1.29 is 0 Å². The second kappa shape index (κ2) is 4.97. The van der Waals surface area contributed by atoms with E-state index in [0.29, 0.717) is 0 Å². The van der Waals surface area contributed by atoms with Gasteiger partial charge in [0.05, 0.1) is 0 Å². The summed E-state index contributed by atoms with van der Waals surface area (Å²) in [6.07, 6.45) is 0. The molecule has 0 bridgehead atoms. The van der Waals surface area contributed by atoms with Crippen LogP contribution in [0.4, 0.5) is 0 Å². The molecular weight excluding hydrogens is 318 g/mol. The molecule has 0 spiro atoms. The molecule has 1 rings (SSSR count). The van der Waals surface area contributed by atoms with Crippen molar-refractivity contribution in [1.82, 2.24) is 0 Å². The van der Waals surface area contributed by atoms with Crippen molar-refractivity contribution in [3.63, 3.8) is 0 Å². The summed E-state index contributed by atoms with van der Waals surface area (Å²) in [4.78, 5) is 0. The van der Waals surface area contributed by atoms with Gasteiger partial charge in [-0.3, -0.25) is 0 Å². The summed E-state index contributed by atoms with van der Waals surface area (Å²) in [5.41, 5.74) is 0. The van der Waals surface area contributed by atoms with Gasteiger partial charge in [-0.1, -0.05) is 0 Å². The summed E-state index contributed by atoms with van der Waals surface area (Å²) >= 11 is 1.80. The van der Waals surface area contributed by atoms with Crippen LogP contribution in [-0.2, 0) is 0 Å². The van der Waals surface area contributed by atoms with Gasteiger partial charge in [-0.25, -0.2) is 0 Å². The van der Waals surface area contributed by atoms with Gasteiger partial charge in [0.25, 0.3) is 0 Å². The van der Waals surface area contributed by atoms with Crippen molar-refractivity contribution in [2.75, 3.05) is 0 Å². The monoisotopic (exact) mass is 320 g/mol. The Morgan fingerprint density at radius 2 is 1.29 bits per heavy atom. The van der Waals surface area contributed by atoms with E-state index in [1.54, 1.807) is 0 Å². The van der Waals surface area contributed by atoms with Crippen molar-refractivity contribution >= 4 is 68.4 Å². The molecule has 0 aromatic carbocycles. The van der Waals surface area contributed by atoms with Crippen molar-refractivity contribution in [3.8, 4) is 0 Å². The van der Waals surface area contributed by atoms with E-state index >= 15 is 0 Å². The maximum atomic E-state index is 2.04. The third-order valence-electron chi connectivity index (χ3n) is 0.194. The molecule has 1 heterocycles. The Morgan fingerprint density at radius 3 is 1.86 bits per heavy atom. The van der Waals surface area contributed by atoms with Crippen LogP contribution in [0.15, 0.2) is 0 Å². The summed E-state index contributed by atoms with van der Waals surface area (Å²) in [5, 5.41) is 0. The van der Waals surface area contributed by atoms with E-state index in [-0.39, 0.29) is 0 Å². The molecule has 0 saturated heterocycles. The number of hydrogen-bond donors (Lipinski definition) is 0. The average Bonchev–Trinajstić information content (AvgIpc) is 1.90. The van der Waals surface area contributed by atoms with E-state index in [1.807, 2.05) is 45.5 Å². The number of rotatable bonds is 0. The minimum atomic E-state index is 0.902. The van der Waals surface area contributed by atoms with Gasteiger partial charge in [-0.2, -0.15) is 0 Å². The van der Waals surface area contributed by atoms with Crippen LogP contribution in [0, 0.1) is 0 Å². The van der Waals surface area contributed by atoms with Crippen LogP contribution in [0.25, 0.3) is 0 Å². The molecule has 0 aliphatic heterocycles. The molecule has 0 atom stereocenters. The topological polar surface area (TPSA) is 0 Å². The van der Waals surface area contributed by atoms with Crippen molar-refractivity contribution in [2.24, 2.45) is 0 Å². The molecular formula is S5Se2. The number of hydrogen-bond acceptors (Lipinski definition) is 5. The molecule has 0 fully saturated rings. The van der Waals surface area contributed by atoms with Crippen LogP contribution in [0.3, 0.4) is 0 Å². The Bertz CT molecular complexity index is 94.1. The quantitative estimate of drug-likeness (QED) is 0.509. The zero-order chi connectivity index (χ0) is 4.95. The van der Waals surface area contributed by atoms with Gasteiger partial charge in [0.15, 0.2) is 0 Å². The van der Waals surface area contributed by atoms with Crippen LogP contribution in [0.2, 0.25) is 0 Å². The third-order valence-corrected chi connectivity index (χ3v) is 32.5. The Hall–Kier alpha value is 2.14. The van der Waals surface area contributed by atoms with Crippen molar-refractivity contribution in [3.05, 3.63) is 0 Å². The molecule has 0 unspecified atom stereocenters.